The molecule has 0 aromatic heterocycles. The number of esters is 1. The highest BCUT2D eigenvalue weighted by molar-refractivity contribution is 7.80. The Labute approximate surface area is 79.6 Å². The van der Waals surface area contributed by atoms with Gasteiger partial charge in [-0.05, 0) is 12.1 Å². The van der Waals surface area contributed by atoms with Crippen LogP contribution in [0.1, 0.15) is 10.4 Å². The van der Waals surface area contributed by atoms with Gasteiger partial charge < -0.3 is 9.84 Å². The standard InChI is InChI=1S/C8H7FO3S/c9-8(13)12-7(11)5-3-1-2-4-6(5)10/h1-4,8,10,13H. The lowest BCUT2D eigenvalue weighted by Gasteiger charge is -2.05. The largest absolute Gasteiger partial charge is 0.507 e. The lowest BCUT2D eigenvalue weighted by atomic mass is 10.2. The number of alkyl halides is 1. The van der Waals surface area contributed by atoms with Crippen LogP contribution in [0.2, 0.25) is 0 Å². The van der Waals surface area contributed by atoms with Crippen LogP contribution in [0.25, 0.3) is 0 Å². The molecule has 13 heavy (non-hydrogen) atoms. The van der Waals surface area contributed by atoms with Gasteiger partial charge >= 0.3 is 5.97 Å². The summed E-state index contributed by atoms with van der Waals surface area (Å²) in [4.78, 5) is 11.0. The van der Waals surface area contributed by atoms with Gasteiger partial charge in [0.2, 0.25) is 0 Å². The van der Waals surface area contributed by atoms with Crippen molar-refractivity contribution in [2.75, 3.05) is 0 Å². The first-order chi connectivity index (χ1) is 6.11. The first-order valence-electron chi connectivity index (χ1n) is 3.42. The summed E-state index contributed by atoms with van der Waals surface area (Å²) in [6, 6.07) is 5.71. The van der Waals surface area contributed by atoms with Gasteiger partial charge in [0, 0.05) is 0 Å². The van der Waals surface area contributed by atoms with E-state index in [2.05, 4.69) is 17.4 Å². The molecule has 0 radical (unpaired) electrons. The molecule has 3 nitrogen and oxygen atoms in total. The molecule has 0 bridgehead atoms. The minimum atomic E-state index is -1.98. The van der Waals surface area contributed by atoms with E-state index >= 15 is 0 Å². The molecule has 1 aromatic rings. The number of halogens is 1. The summed E-state index contributed by atoms with van der Waals surface area (Å²) in [5, 5.41) is 9.15. The fourth-order valence-electron chi connectivity index (χ4n) is 0.798. The van der Waals surface area contributed by atoms with Crippen LogP contribution in [-0.2, 0) is 4.74 Å². The molecular weight excluding hydrogens is 195 g/mol. The van der Waals surface area contributed by atoms with Crippen LogP contribution in [0.3, 0.4) is 0 Å². The second-order valence-corrected chi connectivity index (χ2v) is 2.62. The minimum Gasteiger partial charge on any atom is -0.507 e. The van der Waals surface area contributed by atoms with Crippen LogP contribution < -0.4 is 0 Å². The lowest BCUT2D eigenvalue weighted by Crippen LogP contribution is -2.08. The Hall–Kier alpha value is -1.23. The van der Waals surface area contributed by atoms with E-state index in [-0.39, 0.29) is 11.3 Å². The normalized spacial score (nSPS) is 12.2. The molecule has 70 valence electrons. The van der Waals surface area contributed by atoms with Gasteiger partial charge in [-0.15, -0.1) is 12.6 Å². The van der Waals surface area contributed by atoms with E-state index in [0.29, 0.717) is 0 Å². The van der Waals surface area contributed by atoms with Crippen LogP contribution in [0.5, 0.6) is 5.75 Å². The summed E-state index contributed by atoms with van der Waals surface area (Å²) < 4.78 is 16.2. The number of aromatic hydroxyl groups is 1. The summed E-state index contributed by atoms with van der Waals surface area (Å²) in [6.07, 6.45) is 0. The van der Waals surface area contributed by atoms with Crippen molar-refractivity contribution in [3.63, 3.8) is 0 Å². The number of rotatable bonds is 2. The second-order valence-electron chi connectivity index (χ2n) is 2.21. The number of phenols is 1. The zero-order valence-electron chi connectivity index (χ0n) is 6.48. The maximum absolute atomic E-state index is 12.1. The van der Waals surface area contributed by atoms with Crippen LogP contribution in [0.15, 0.2) is 24.3 Å². The lowest BCUT2D eigenvalue weighted by molar-refractivity contribution is 0.0216. The molecule has 0 fully saturated rings. The van der Waals surface area contributed by atoms with Crippen molar-refractivity contribution in [1.29, 1.82) is 0 Å². The summed E-state index contributed by atoms with van der Waals surface area (Å²) in [5.74, 6) is -1.19. The third-order valence-electron chi connectivity index (χ3n) is 1.33. The second kappa shape index (κ2) is 4.13. The Morgan fingerprint density at radius 1 is 1.54 bits per heavy atom. The van der Waals surface area contributed by atoms with Crippen molar-refractivity contribution in [1.82, 2.24) is 0 Å². The zero-order chi connectivity index (χ0) is 9.84. The number of thiol groups is 1. The van der Waals surface area contributed by atoms with E-state index in [9.17, 15) is 9.18 Å². The van der Waals surface area contributed by atoms with E-state index in [1.807, 2.05) is 0 Å². The number of benzene rings is 1. The molecule has 0 aliphatic heterocycles. The highest BCUT2D eigenvalue weighted by Gasteiger charge is 2.14. The summed E-state index contributed by atoms with van der Waals surface area (Å²) in [5.41, 5.74) is -2.06. The number of hydrogen-bond acceptors (Lipinski definition) is 4. The van der Waals surface area contributed by atoms with Crippen molar-refractivity contribution < 1.29 is 19.0 Å². The van der Waals surface area contributed by atoms with Gasteiger partial charge in [0.1, 0.15) is 11.3 Å². The third-order valence-corrected chi connectivity index (χ3v) is 1.43. The molecule has 0 aliphatic rings. The number of para-hydroxylation sites is 1. The Kier molecular flexibility index (Phi) is 3.13. The van der Waals surface area contributed by atoms with Gasteiger partial charge in [0.25, 0.3) is 5.69 Å². The highest BCUT2D eigenvalue weighted by Crippen LogP contribution is 2.17. The molecule has 1 rings (SSSR count). The Morgan fingerprint density at radius 2 is 2.15 bits per heavy atom. The van der Waals surface area contributed by atoms with Gasteiger partial charge in [-0.1, -0.05) is 12.1 Å². The average molecular weight is 202 g/mol. The molecule has 1 N–H and O–H groups in total. The predicted octanol–water partition coefficient (Wildman–Crippen LogP) is 1.73. The Balaban J connectivity index is 2.83. The van der Waals surface area contributed by atoms with Crippen LogP contribution in [0, 0.1) is 0 Å². The van der Waals surface area contributed by atoms with Crippen molar-refractivity contribution in [3.05, 3.63) is 29.8 Å². The van der Waals surface area contributed by atoms with Gasteiger partial charge in [-0.3, -0.25) is 0 Å². The van der Waals surface area contributed by atoms with Gasteiger partial charge in [-0.2, -0.15) is 4.39 Å². The number of carbonyl (C=O) groups excluding carboxylic acids is 1. The van der Waals surface area contributed by atoms with Gasteiger partial charge in [0.05, 0.1) is 0 Å². The summed E-state index contributed by atoms with van der Waals surface area (Å²) in [7, 11) is 0. The van der Waals surface area contributed by atoms with E-state index in [1.165, 1.54) is 18.2 Å². The van der Waals surface area contributed by atoms with E-state index < -0.39 is 11.7 Å². The minimum absolute atomic E-state index is 0.0841. The highest BCUT2D eigenvalue weighted by atomic mass is 32.1. The Bertz CT molecular complexity index is 314. The van der Waals surface area contributed by atoms with Crippen LogP contribution >= 0.6 is 12.6 Å². The molecule has 0 saturated carbocycles. The molecule has 1 aromatic carbocycles. The third kappa shape index (κ3) is 2.62. The van der Waals surface area contributed by atoms with E-state index in [1.54, 1.807) is 6.07 Å². The zero-order valence-corrected chi connectivity index (χ0v) is 7.37. The summed E-state index contributed by atoms with van der Waals surface area (Å²) in [6.45, 7) is 0. The number of carbonyl (C=O) groups is 1. The quantitative estimate of drug-likeness (QED) is 0.436. The topological polar surface area (TPSA) is 46.5 Å². The maximum atomic E-state index is 12.1. The first-order valence-corrected chi connectivity index (χ1v) is 3.94. The van der Waals surface area contributed by atoms with Crippen molar-refractivity contribution in [3.8, 4) is 5.75 Å². The van der Waals surface area contributed by atoms with Crippen LogP contribution in [-0.4, -0.2) is 16.8 Å². The Morgan fingerprint density at radius 3 is 2.69 bits per heavy atom. The van der Waals surface area contributed by atoms with Crippen molar-refractivity contribution >= 4 is 18.6 Å². The van der Waals surface area contributed by atoms with Crippen LogP contribution in [0.4, 0.5) is 4.39 Å². The molecule has 0 saturated heterocycles. The molecule has 0 spiro atoms. The number of hydrogen-bond donors (Lipinski definition) is 2. The monoisotopic (exact) mass is 202 g/mol. The average Bonchev–Trinajstić information content (AvgIpc) is 2.03. The van der Waals surface area contributed by atoms with E-state index in [0.717, 1.165) is 0 Å². The fraction of sp³-hybridized carbons (Fsp3) is 0.125. The molecule has 0 aliphatic carbocycles. The van der Waals surface area contributed by atoms with E-state index in [4.69, 9.17) is 5.11 Å². The van der Waals surface area contributed by atoms with Gasteiger partial charge in [-0.25, -0.2) is 4.79 Å². The molecule has 0 amide bonds. The smallest absolute Gasteiger partial charge is 0.345 e. The molecule has 5 heteroatoms. The fourth-order valence-corrected chi connectivity index (χ4v) is 0.894. The predicted molar refractivity (Wildman–Crippen MR) is 47.4 cm³/mol. The summed E-state index contributed by atoms with van der Waals surface area (Å²) >= 11 is 3.23. The van der Waals surface area contributed by atoms with Crippen molar-refractivity contribution in [2.24, 2.45) is 0 Å². The van der Waals surface area contributed by atoms with Crippen molar-refractivity contribution in [2.45, 2.75) is 5.69 Å². The number of phenolic OH excluding ortho intramolecular Hbond substituents is 1. The molecule has 1 unspecified atom stereocenters. The number of ether oxygens (including phenoxy) is 1. The molecular formula is C8H7FO3S. The first kappa shape index (κ1) is 9.85. The molecule has 0 heterocycles. The SMILES string of the molecule is O=C(OC(F)S)c1ccccc1O. The molecule has 1 atom stereocenters. The maximum Gasteiger partial charge on any atom is 0.345 e. The van der Waals surface area contributed by atoms with Gasteiger partial charge in [0.15, 0.2) is 0 Å².